The minimum Gasteiger partial charge on any atom is -0.349 e. The third-order valence-corrected chi connectivity index (χ3v) is 2.15. The van der Waals surface area contributed by atoms with E-state index in [1.807, 2.05) is 0 Å². The first-order valence-corrected chi connectivity index (χ1v) is 5.14. The minimum atomic E-state index is -0.589. The van der Waals surface area contributed by atoms with Crippen LogP contribution in [0.1, 0.15) is 24.3 Å². The Morgan fingerprint density at radius 1 is 1.62 bits per heavy atom. The summed E-state index contributed by atoms with van der Waals surface area (Å²) in [5.74, 6) is -0.328. The van der Waals surface area contributed by atoms with Gasteiger partial charge in [-0.15, -0.1) is 0 Å². The van der Waals surface area contributed by atoms with Gasteiger partial charge in [-0.1, -0.05) is 17.7 Å². The van der Waals surface area contributed by atoms with Gasteiger partial charge in [-0.25, -0.2) is 4.98 Å². The summed E-state index contributed by atoms with van der Waals surface area (Å²) < 4.78 is 0. The number of carbonyl (C=O) groups is 1. The number of halogens is 1. The highest BCUT2D eigenvalue weighted by Gasteiger charge is 2.18. The third kappa shape index (κ3) is 3.52. The smallest absolute Gasteiger partial charge is 0.269 e. The molecule has 1 aromatic rings. The number of amides is 1. The van der Waals surface area contributed by atoms with Crippen LogP contribution in [0.3, 0.4) is 0 Å². The molecule has 0 aromatic carbocycles. The third-order valence-electron chi connectivity index (χ3n) is 1.94. The molecule has 1 aromatic heterocycles. The Bertz CT molecular complexity index is 437. The number of hydrogen-bond acceptors (Lipinski definition) is 3. The van der Waals surface area contributed by atoms with Crippen LogP contribution < -0.4 is 5.32 Å². The molecule has 0 atom stereocenters. The van der Waals surface area contributed by atoms with Crippen LogP contribution in [0.15, 0.2) is 18.2 Å². The summed E-state index contributed by atoms with van der Waals surface area (Å²) in [5, 5.41) is 11.7. The fourth-order valence-corrected chi connectivity index (χ4v) is 1.13. The zero-order chi connectivity index (χ0) is 12.2. The molecule has 0 saturated heterocycles. The second-order valence-corrected chi connectivity index (χ2v) is 4.41. The van der Waals surface area contributed by atoms with E-state index in [-0.39, 0.29) is 23.3 Å². The number of carbonyl (C=O) groups excluding carboxylic acids is 1. The maximum absolute atomic E-state index is 11.6. The molecular weight excluding hydrogens is 226 g/mol. The quantitative estimate of drug-likeness (QED) is 0.818. The Hall–Kier alpha value is -1.60. The van der Waals surface area contributed by atoms with Gasteiger partial charge >= 0.3 is 0 Å². The van der Waals surface area contributed by atoms with Crippen molar-refractivity contribution in [2.45, 2.75) is 13.8 Å². The fraction of sp³-hybridized carbons (Fsp3) is 0.364. The molecule has 0 radical (unpaired) electrons. The van der Waals surface area contributed by atoms with Crippen molar-refractivity contribution in [1.29, 1.82) is 5.26 Å². The van der Waals surface area contributed by atoms with E-state index < -0.39 is 5.41 Å². The highest BCUT2D eigenvalue weighted by atomic mass is 35.5. The average Bonchev–Trinajstić information content (AvgIpc) is 2.26. The minimum absolute atomic E-state index is 0.251. The molecule has 0 aliphatic heterocycles. The summed E-state index contributed by atoms with van der Waals surface area (Å²) in [7, 11) is 0. The summed E-state index contributed by atoms with van der Waals surface area (Å²) in [4.78, 5) is 15.5. The zero-order valence-electron chi connectivity index (χ0n) is 9.12. The molecule has 1 rings (SSSR count). The number of nitriles is 1. The van der Waals surface area contributed by atoms with Crippen LogP contribution in [0, 0.1) is 16.7 Å². The van der Waals surface area contributed by atoms with Gasteiger partial charge in [0, 0.05) is 6.54 Å². The van der Waals surface area contributed by atoms with Gasteiger partial charge in [-0.2, -0.15) is 5.26 Å². The van der Waals surface area contributed by atoms with Crippen molar-refractivity contribution >= 4 is 17.5 Å². The summed E-state index contributed by atoms with van der Waals surface area (Å²) in [6.45, 7) is 3.77. The summed E-state index contributed by atoms with van der Waals surface area (Å²) in [6.07, 6.45) is 0. The summed E-state index contributed by atoms with van der Waals surface area (Å²) >= 11 is 5.66. The fourth-order valence-electron chi connectivity index (χ4n) is 0.966. The number of aromatic nitrogens is 1. The molecule has 0 unspecified atom stereocenters. The molecule has 84 valence electrons. The SMILES string of the molecule is CC(C)(C#N)CNC(=O)c1cccc(Cl)n1. The first-order valence-electron chi connectivity index (χ1n) is 4.77. The van der Waals surface area contributed by atoms with Crippen LogP contribution in [-0.2, 0) is 0 Å². The van der Waals surface area contributed by atoms with Crippen molar-refractivity contribution in [3.63, 3.8) is 0 Å². The molecular formula is C11H12ClN3O. The van der Waals surface area contributed by atoms with Crippen LogP contribution in [0.5, 0.6) is 0 Å². The molecule has 1 heterocycles. The predicted octanol–water partition coefficient (Wildman–Crippen LogP) is 2.01. The summed E-state index contributed by atoms with van der Waals surface area (Å²) in [5.41, 5.74) is -0.338. The van der Waals surface area contributed by atoms with Crippen LogP contribution in [0.4, 0.5) is 0 Å². The van der Waals surface area contributed by atoms with Crippen molar-refractivity contribution in [3.05, 3.63) is 29.0 Å². The van der Waals surface area contributed by atoms with E-state index in [9.17, 15) is 4.79 Å². The van der Waals surface area contributed by atoms with Crippen LogP contribution in [-0.4, -0.2) is 17.4 Å². The van der Waals surface area contributed by atoms with Crippen molar-refractivity contribution in [3.8, 4) is 6.07 Å². The number of pyridine rings is 1. The molecule has 4 nitrogen and oxygen atoms in total. The molecule has 1 N–H and O–H groups in total. The summed E-state index contributed by atoms with van der Waals surface area (Å²) in [6, 6.07) is 6.92. The van der Waals surface area contributed by atoms with Gasteiger partial charge in [-0.05, 0) is 26.0 Å². The topological polar surface area (TPSA) is 65.8 Å². The number of rotatable bonds is 3. The van der Waals surface area contributed by atoms with Gasteiger partial charge in [0.1, 0.15) is 10.8 Å². The maximum atomic E-state index is 11.6. The van der Waals surface area contributed by atoms with Crippen LogP contribution in [0.2, 0.25) is 5.15 Å². The van der Waals surface area contributed by atoms with Crippen LogP contribution in [0.25, 0.3) is 0 Å². The van der Waals surface area contributed by atoms with Crippen LogP contribution >= 0.6 is 11.6 Å². The maximum Gasteiger partial charge on any atom is 0.269 e. The Balaban J connectivity index is 2.64. The van der Waals surface area contributed by atoms with Gasteiger partial charge in [0.05, 0.1) is 11.5 Å². The molecule has 0 bridgehead atoms. The second-order valence-electron chi connectivity index (χ2n) is 4.02. The lowest BCUT2D eigenvalue weighted by Crippen LogP contribution is -2.33. The monoisotopic (exact) mass is 237 g/mol. The molecule has 0 aliphatic rings. The molecule has 1 amide bonds. The van der Waals surface area contributed by atoms with Crippen molar-refractivity contribution < 1.29 is 4.79 Å². The Morgan fingerprint density at radius 3 is 2.88 bits per heavy atom. The van der Waals surface area contributed by atoms with Gasteiger partial charge in [0.2, 0.25) is 0 Å². The van der Waals surface area contributed by atoms with Gasteiger partial charge < -0.3 is 5.32 Å². The van der Waals surface area contributed by atoms with E-state index in [2.05, 4.69) is 16.4 Å². The lowest BCUT2D eigenvalue weighted by molar-refractivity contribution is 0.0939. The van der Waals surface area contributed by atoms with Crippen molar-refractivity contribution in [2.24, 2.45) is 5.41 Å². The predicted molar refractivity (Wildman–Crippen MR) is 61.0 cm³/mol. The van der Waals surface area contributed by atoms with Gasteiger partial charge in [0.25, 0.3) is 5.91 Å². The Labute approximate surface area is 99.2 Å². The number of nitrogens with one attached hydrogen (secondary N) is 1. The standard InChI is InChI=1S/C11H12ClN3O/c1-11(2,6-13)7-14-10(16)8-4-3-5-9(12)15-8/h3-5H,7H2,1-2H3,(H,14,16). The number of hydrogen-bond donors (Lipinski definition) is 1. The van der Waals surface area contributed by atoms with Crippen molar-refractivity contribution in [1.82, 2.24) is 10.3 Å². The van der Waals surface area contributed by atoms with E-state index in [1.165, 1.54) is 0 Å². The normalized spacial score (nSPS) is 10.6. The first-order chi connectivity index (χ1) is 7.44. The zero-order valence-corrected chi connectivity index (χ0v) is 9.88. The van der Waals surface area contributed by atoms with E-state index in [0.29, 0.717) is 0 Å². The largest absolute Gasteiger partial charge is 0.349 e. The van der Waals surface area contributed by atoms with E-state index >= 15 is 0 Å². The molecule has 16 heavy (non-hydrogen) atoms. The van der Waals surface area contributed by atoms with Crippen molar-refractivity contribution in [2.75, 3.05) is 6.54 Å². The van der Waals surface area contributed by atoms with E-state index in [1.54, 1.807) is 32.0 Å². The second kappa shape index (κ2) is 4.95. The Kier molecular flexibility index (Phi) is 3.86. The highest BCUT2D eigenvalue weighted by Crippen LogP contribution is 2.11. The van der Waals surface area contributed by atoms with Gasteiger partial charge in [0.15, 0.2) is 0 Å². The lowest BCUT2D eigenvalue weighted by Gasteiger charge is -2.15. The average molecular weight is 238 g/mol. The molecule has 0 spiro atoms. The van der Waals surface area contributed by atoms with E-state index in [4.69, 9.17) is 16.9 Å². The molecule has 5 heteroatoms. The molecule has 0 saturated carbocycles. The molecule has 0 aliphatic carbocycles. The highest BCUT2D eigenvalue weighted by molar-refractivity contribution is 6.29. The number of nitrogens with zero attached hydrogens (tertiary/aromatic N) is 2. The van der Waals surface area contributed by atoms with Gasteiger partial charge in [-0.3, -0.25) is 4.79 Å². The lowest BCUT2D eigenvalue weighted by atomic mass is 9.96. The first kappa shape index (κ1) is 12.5. The van der Waals surface area contributed by atoms with E-state index in [0.717, 1.165) is 0 Å². The molecule has 0 fully saturated rings. The Morgan fingerprint density at radius 2 is 2.31 bits per heavy atom.